The fourth-order valence-corrected chi connectivity index (χ4v) is 9.41. The minimum atomic E-state index is -0.588. The summed E-state index contributed by atoms with van der Waals surface area (Å²) in [5.74, 6) is 1.46. The molecule has 0 spiro atoms. The van der Waals surface area contributed by atoms with Crippen LogP contribution in [0.5, 0.6) is 11.5 Å². The number of rotatable bonds is 8. The summed E-state index contributed by atoms with van der Waals surface area (Å²) in [7, 11) is 0. The molecule has 0 aliphatic carbocycles. The van der Waals surface area contributed by atoms with E-state index in [1.54, 1.807) is 33.4 Å². The van der Waals surface area contributed by atoms with Crippen LogP contribution in [0.4, 0.5) is 0 Å². The van der Waals surface area contributed by atoms with Crippen molar-refractivity contribution >= 4 is 54.8 Å². The molecular formula is C64H44N4O2Pt-2. The number of nitrogens with zero attached hydrogens (tertiary/aromatic N) is 4. The second-order valence-corrected chi connectivity index (χ2v) is 18.1. The molecule has 7 heteroatoms. The largest absolute Gasteiger partial charge is 0.510 e. The molecule has 0 radical (unpaired) electrons. The third-order valence-corrected chi connectivity index (χ3v) is 12.8. The summed E-state index contributed by atoms with van der Waals surface area (Å²) in [5, 5.41) is 3.49. The van der Waals surface area contributed by atoms with Crippen LogP contribution in [0.3, 0.4) is 0 Å². The first kappa shape index (κ1) is 34.1. The zero-order valence-electron chi connectivity index (χ0n) is 48.4. The number of para-hydroxylation sites is 2. The molecule has 13 rings (SSSR count). The van der Waals surface area contributed by atoms with E-state index in [2.05, 4.69) is 80.2 Å². The second kappa shape index (κ2) is 17.6. The van der Waals surface area contributed by atoms with Crippen LogP contribution in [-0.2, 0) is 26.5 Å². The summed E-state index contributed by atoms with van der Waals surface area (Å²) < 4.78 is 107. The van der Waals surface area contributed by atoms with Crippen LogP contribution in [-0.4, -0.2) is 14.1 Å². The van der Waals surface area contributed by atoms with Gasteiger partial charge >= 0.3 is 0 Å². The van der Waals surface area contributed by atoms with Crippen LogP contribution in [0.1, 0.15) is 40.0 Å². The number of furan rings is 1. The van der Waals surface area contributed by atoms with Gasteiger partial charge in [-0.1, -0.05) is 166 Å². The molecule has 0 aliphatic heterocycles. The minimum Gasteiger partial charge on any atom is -0.510 e. The van der Waals surface area contributed by atoms with E-state index < -0.39 is 60.4 Å². The third kappa shape index (κ3) is 7.72. The number of pyridine rings is 1. The Kier molecular flexibility index (Phi) is 8.43. The Morgan fingerprint density at radius 2 is 1.30 bits per heavy atom. The molecule has 344 valence electrons. The van der Waals surface area contributed by atoms with E-state index in [9.17, 15) is 5.48 Å². The number of fused-ring (bicyclic) bond motifs is 7. The average molecular weight is 1110 g/mol. The molecule has 0 saturated carbocycles. The summed E-state index contributed by atoms with van der Waals surface area (Å²) in [5.41, 5.74) is 7.47. The quantitative estimate of drug-likeness (QED) is 0.113. The number of ether oxygens (including phenoxy) is 1. The van der Waals surface area contributed by atoms with Gasteiger partial charge in [-0.05, 0) is 91.8 Å². The van der Waals surface area contributed by atoms with Gasteiger partial charge in [-0.3, -0.25) is 4.57 Å². The van der Waals surface area contributed by atoms with Gasteiger partial charge in [-0.25, -0.2) is 4.98 Å². The van der Waals surface area contributed by atoms with Crippen molar-refractivity contribution in [2.75, 3.05) is 0 Å². The first-order valence-corrected chi connectivity index (χ1v) is 22.8. The summed E-state index contributed by atoms with van der Waals surface area (Å²) in [4.78, 5) is 4.89. The van der Waals surface area contributed by atoms with E-state index in [1.165, 1.54) is 0 Å². The molecule has 13 aromatic rings. The maximum atomic E-state index is 9.19. The Morgan fingerprint density at radius 1 is 0.577 bits per heavy atom. The van der Waals surface area contributed by atoms with E-state index in [4.69, 9.17) is 22.4 Å². The van der Waals surface area contributed by atoms with E-state index in [0.29, 0.717) is 39.4 Å². The summed E-state index contributed by atoms with van der Waals surface area (Å²) >= 11 is 0. The zero-order chi connectivity index (χ0) is 55.6. The molecule has 0 saturated heterocycles. The second-order valence-electron chi connectivity index (χ2n) is 18.1. The van der Waals surface area contributed by atoms with Crippen molar-refractivity contribution in [1.29, 1.82) is 0 Å². The molecule has 71 heavy (non-hydrogen) atoms. The van der Waals surface area contributed by atoms with Crippen molar-refractivity contribution in [1.82, 2.24) is 14.1 Å². The fourth-order valence-electron chi connectivity index (χ4n) is 9.41. The molecule has 0 bridgehead atoms. The van der Waals surface area contributed by atoms with Crippen molar-refractivity contribution in [2.24, 2.45) is 0 Å². The fraction of sp³-hybridized carbons (Fsp3) is 0.0625. The molecule has 0 N–H and O–H groups in total. The van der Waals surface area contributed by atoms with E-state index in [1.807, 2.05) is 91.1 Å². The Balaban J connectivity index is 0.00000651. The number of benzene rings is 9. The Morgan fingerprint density at radius 3 is 2.06 bits per heavy atom. The first-order valence-electron chi connectivity index (χ1n) is 27.8. The molecule has 4 heterocycles. The number of aromatic nitrogens is 4. The van der Waals surface area contributed by atoms with Crippen molar-refractivity contribution in [3.05, 3.63) is 236 Å². The van der Waals surface area contributed by atoms with Gasteiger partial charge in [0.15, 0.2) is 0 Å². The summed E-state index contributed by atoms with van der Waals surface area (Å²) in [6, 6.07) is 47.8. The molecule has 4 aromatic heterocycles. The zero-order valence-corrected chi connectivity index (χ0v) is 40.6. The normalized spacial score (nSPS) is 13.7. The maximum Gasteiger partial charge on any atom is 0.268 e. The van der Waals surface area contributed by atoms with E-state index in [-0.39, 0.29) is 54.4 Å². The molecule has 0 aliphatic rings. The Labute approximate surface area is 440 Å². The number of imidazole rings is 1. The van der Waals surface area contributed by atoms with Gasteiger partial charge < -0.3 is 18.3 Å². The molecular weight excluding hydrogens is 1050 g/mol. The maximum absolute atomic E-state index is 9.19. The predicted molar refractivity (Wildman–Crippen MR) is 282 cm³/mol. The van der Waals surface area contributed by atoms with Gasteiger partial charge in [0.1, 0.15) is 17.0 Å². The van der Waals surface area contributed by atoms with Gasteiger partial charge in [0.2, 0.25) is 0 Å². The summed E-state index contributed by atoms with van der Waals surface area (Å²) in [6.45, 7) is 6.52. The van der Waals surface area contributed by atoms with Crippen molar-refractivity contribution < 1.29 is 48.5 Å². The predicted octanol–water partition coefficient (Wildman–Crippen LogP) is 15.8. The van der Waals surface area contributed by atoms with Gasteiger partial charge in [0.25, 0.3) is 6.33 Å². The van der Waals surface area contributed by atoms with Crippen LogP contribution in [0.2, 0.25) is 0 Å². The molecule has 0 atom stereocenters. The van der Waals surface area contributed by atoms with Crippen molar-refractivity contribution in [3.63, 3.8) is 0 Å². The van der Waals surface area contributed by atoms with Gasteiger partial charge in [-0.15, -0.1) is 29.7 Å². The van der Waals surface area contributed by atoms with E-state index in [0.717, 1.165) is 55.1 Å². The van der Waals surface area contributed by atoms with E-state index >= 15 is 0 Å². The van der Waals surface area contributed by atoms with Crippen LogP contribution in [0.15, 0.2) is 217 Å². The van der Waals surface area contributed by atoms with Gasteiger partial charge in [0, 0.05) is 55.1 Å². The van der Waals surface area contributed by atoms with Gasteiger partial charge in [0.05, 0.1) is 30.4 Å². The van der Waals surface area contributed by atoms with Gasteiger partial charge in [-0.2, -0.15) is 18.2 Å². The Bertz CT molecular complexity index is 4610. The molecule has 0 fully saturated rings. The van der Waals surface area contributed by atoms with Crippen molar-refractivity contribution in [3.8, 4) is 62.1 Å². The molecule has 9 aromatic carbocycles. The number of hydrogen-bond donors (Lipinski definition) is 0. The smallest absolute Gasteiger partial charge is 0.268 e. The van der Waals surface area contributed by atoms with Crippen LogP contribution in [0, 0.1) is 18.5 Å². The first-order chi connectivity index (χ1) is 38.5. The van der Waals surface area contributed by atoms with Crippen molar-refractivity contribution in [2.45, 2.75) is 26.2 Å². The number of hydrogen-bond acceptors (Lipinski definition) is 3. The van der Waals surface area contributed by atoms with Crippen LogP contribution >= 0.6 is 0 Å². The average Bonchev–Trinajstić information content (AvgIpc) is 4.31. The SMILES string of the molecule is [2H]c1c([2H])c([2H])c(-c2cccc(-c3c([2H])c([2H])c([2H])c([2H])c3[2H])c2-[n+]2[c-]n(-c3[c-]c(Oc4[c-]c5c(cc4)c4cc(-c6ccccc6)ccc4n5-c4cc(C(C)(C)C)ccn4)ccc3)c3cc4oc5ccccc5c4cc32)c([2H])c1[2H].[Pt]. The van der Waals surface area contributed by atoms with Crippen LogP contribution < -0.4 is 9.30 Å². The monoisotopic (exact) mass is 1110 g/mol. The molecule has 0 unspecified atom stereocenters. The van der Waals surface area contributed by atoms with Crippen LogP contribution in [0.25, 0.3) is 105 Å². The topological polar surface area (TPSA) is 49.0 Å². The molecule has 0 amide bonds. The minimum absolute atomic E-state index is 0. The Hall–Kier alpha value is -8.31. The molecule has 6 nitrogen and oxygen atoms in total. The summed E-state index contributed by atoms with van der Waals surface area (Å²) in [6.07, 6.45) is 5.32. The third-order valence-electron chi connectivity index (χ3n) is 12.8. The standard InChI is InChI=1S/C64H44N4O2.Pt/c1-64(2,3)46-33-34-65-62(36-46)68-56-32-29-45(42-17-7-4-8-18-42)35-54(56)52-31-30-49(38-57(52)68)69-48-24-15-23-47(37-48)66-41-67(58-39-55-53-25-13-14-28-60(53)70-61(55)40-59(58)66)63-50(43-19-9-5-10-20-43)26-16-27-51(63)44-21-11-6-12-22-44;/h4-36,39-40H,1-3H3;/q-2;/i5D,6D,9D,10D,11D,12D,19D,20D,21D,22D;.